The molecule has 2 aliphatic rings. The van der Waals surface area contributed by atoms with Crippen LogP contribution in [0.5, 0.6) is 0 Å². The standard InChI is InChI=1S/C20H13Cl2FN2O2S.2ClH/c1-10-16(19(26)27)18(11-5-2-3-8-14(11)23)25-9-15(28-20(25)24-10)17-12(21)6-4-7-13(17)22;;/h2-9,18H,1H3,(H,26,27);2*1H. The lowest BCUT2D eigenvalue weighted by Crippen LogP contribution is -2.33. The number of carboxylic acids is 1. The molecule has 0 amide bonds. The van der Waals surface area contributed by atoms with Gasteiger partial charge in [-0.2, -0.15) is 0 Å². The molecule has 0 spiro atoms. The van der Waals surface area contributed by atoms with Crippen LogP contribution < -0.4 is 0 Å². The first kappa shape index (κ1) is 24.6. The van der Waals surface area contributed by atoms with E-state index in [1.165, 1.54) is 17.8 Å². The molecule has 0 radical (unpaired) electrons. The Balaban J connectivity index is 0.00000160. The molecule has 0 saturated heterocycles. The van der Waals surface area contributed by atoms with Gasteiger partial charge >= 0.3 is 5.97 Å². The molecule has 4 nitrogen and oxygen atoms in total. The second-order valence-electron chi connectivity index (χ2n) is 6.22. The second kappa shape index (κ2) is 9.62. The van der Waals surface area contributed by atoms with Crippen molar-refractivity contribution in [1.29, 1.82) is 0 Å². The highest BCUT2D eigenvalue weighted by molar-refractivity contribution is 8.22. The van der Waals surface area contributed by atoms with Crippen LogP contribution in [0, 0.1) is 5.82 Å². The zero-order valence-corrected chi connectivity index (χ0v) is 19.3. The van der Waals surface area contributed by atoms with E-state index in [9.17, 15) is 14.3 Å². The monoisotopic (exact) mass is 506 g/mol. The van der Waals surface area contributed by atoms with E-state index in [0.717, 1.165) is 4.91 Å². The lowest BCUT2D eigenvalue weighted by Gasteiger charge is -2.32. The van der Waals surface area contributed by atoms with Crippen molar-refractivity contribution in [2.45, 2.75) is 13.0 Å². The Morgan fingerprint density at radius 1 is 1.13 bits per heavy atom. The third-order valence-electron chi connectivity index (χ3n) is 4.52. The topological polar surface area (TPSA) is 52.9 Å². The minimum atomic E-state index is -1.14. The van der Waals surface area contributed by atoms with Crippen LogP contribution in [0.25, 0.3) is 4.91 Å². The van der Waals surface area contributed by atoms with Gasteiger partial charge in [0.15, 0.2) is 5.17 Å². The SMILES string of the molecule is CC1=C(C(=O)O)C(c2ccccc2F)N2C=C(c3c(Cl)cccc3Cl)SC2=N1.Cl.Cl. The summed E-state index contributed by atoms with van der Waals surface area (Å²) in [5, 5.41) is 11.3. The Morgan fingerprint density at radius 2 is 1.77 bits per heavy atom. The molecule has 0 aliphatic carbocycles. The summed E-state index contributed by atoms with van der Waals surface area (Å²) in [6.07, 6.45) is 1.73. The average Bonchev–Trinajstić information content (AvgIpc) is 3.03. The van der Waals surface area contributed by atoms with E-state index >= 15 is 0 Å². The quantitative estimate of drug-likeness (QED) is 0.496. The van der Waals surface area contributed by atoms with Gasteiger partial charge in [-0.25, -0.2) is 14.2 Å². The molecule has 2 heterocycles. The lowest BCUT2D eigenvalue weighted by atomic mass is 9.94. The average molecular weight is 508 g/mol. The van der Waals surface area contributed by atoms with E-state index in [1.807, 2.05) is 0 Å². The number of thioether (sulfide) groups is 1. The number of nitrogens with zero attached hydrogens (tertiary/aromatic N) is 2. The first-order valence-electron chi connectivity index (χ1n) is 8.28. The molecule has 158 valence electrons. The number of aliphatic carboxylic acids is 1. The van der Waals surface area contributed by atoms with Crippen LogP contribution >= 0.6 is 59.8 Å². The maximum absolute atomic E-state index is 14.6. The van der Waals surface area contributed by atoms with Gasteiger partial charge in [0.1, 0.15) is 5.82 Å². The van der Waals surface area contributed by atoms with Gasteiger partial charge in [-0.3, -0.25) is 0 Å². The zero-order valence-electron chi connectivity index (χ0n) is 15.3. The van der Waals surface area contributed by atoms with E-state index in [1.54, 1.807) is 54.4 Å². The molecule has 2 aromatic carbocycles. The fourth-order valence-corrected chi connectivity index (χ4v) is 5.13. The van der Waals surface area contributed by atoms with E-state index in [0.29, 0.717) is 26.5 Å². The smallest absolute Gasteiger partial charge is 0.335 e. The number of hydrogen-bond donors (Lipinski definition) is 1. The van der Waals surface area contributed by atoms with E-state index in [2.05, 4.69) is 4.99 Å². The van der Waals surface area contributed by atoms with Crippen molar-refractivity contribution in [2.24, 2.45) is 4.99 Å². The highest BCUT2D eigenvalue weighted by Crippen LogP contribution is 2.49. The number of allylic oxidation sites excluding steroid dienone is 1. The third kappa shape index (κ3) is 4.20. The maximum Gasteiger partial charge on any atom is 0.335 e. The Hall–Kier alpha value is -1.70. The minimum absolute atomic E-state index is 0. The molecule has 2 aliphatic heterocycles. The van der Waals surface area contributed by atoms with Crippen molar-refractivity contribution in [3.05, 3.63) is 86.9 Å². The molecular formula is C20H15Cl4FN2O2S. The second-order valence-corrected chi connectivity index (χ2v) is 8.05. The van der Waals surface area contributed by atoms with Crippen LogP contribution in [0.3, 0.4) is 0 Å². The molecule has 10 heteroatoms. The number of carboxylic acid groups (broad SMARTS) is 1. The number of amidine groups is 1. The van der Waals surface area contributed by atoms with Crippen molar-refractivity contribution in [3.8, 4) is 0 Å². The summed E-state index contributed by atoms with van der Waals surface area (Å²) in [6.45, 7) is 1.61. The molecule has 1 atom stereocenters. The van der Waals surface area contributed by atoms with E-state index in [4.69, 9.17) is 23.2 Å². The summed E-state index contributed by atoms with van der Waals surface area (Å²) < 4.78 is 14.6. The van der Waals surface area contributed by atoms with Gasteiger partial charge in [0.2, 0.25) is 0 Å². The Kier molecular flexibility index (Phi) is 7.88. The number of rotatable bonds is 3. The first-order chi connectivity index (χ1) is 13.4. The predicted molar refractivity (Wildman–Crippen MR) is 125 cm³/mol. The lowest BCUT2D eigenvalue weighted by molar-refractivity contribution is -0.133. The fraction of sp³-hybridized carbons (Fsp3) is 0.100. The van der Waals surface area contributed by atoms with Crippen LogP contribution in [0.4, 0.5) is 4.39 Å². The van der Waals surface area contributed by atoms with Crippen molar-refractivity contribution in [1.82, 2.24) is 4.90 Å². The summed E-state index contributed by atoms with van der Waals surface area (Å²) in [6, 6.07) is 10.5. The summed E-state index contributed by atoms with van der Waals surface area (Å²) in [4.78, 5) is 18.8. The first-order valence-corrected chi connectivity index (χ1v) is 9.85. The fourth-order valence-electron chi connectivity index (χ4n) is 3.29. The molecule has 0 bridgehead atoms. The highest BCUT2D eigenvalue weighted by atomic mass is 35.5. The summed E-state index contributed by atoms with van der Waals surface area (Å²) in [7, 11) is 0. The van der Waals surface area contributed by atoms with E-state index < -0.39 is 17.8 Å². The highest BCUT2D eigenvalue weighted by Gasteiger charge is 2.40. The Labute approximate surface area is 199 Å². The number of halogens is 5. The molecule has 1 unspecified atom stereocenters. The molecule has 0 aromatic heterocycles. The van der Waals surface area contributed by atoms with Gasteiger partial charge in [0.05, 0.1) is 27.4 Å². The summed E-state index contributed by atoms with van der Waals surface area (Å²) in [5.74, 6) is -1.63. The molecule has 0 saturated carbocycles. The zero-order chi connectivity index (χ0) is 20.0. The van der Waals surface area contributed by atoms with E-state index in [-0.39, 0.29) is 36.0 Å². The van der Waals surface area contributed by atoms with Gasteiger partial charge in [-0.15, -0.1) is 24.8 Å². The predicted octanol–water partition coefficient (Wildman–Crippen LogP) is 6.79. The van der Waals surface area contributed by atoms with Gasteiger partial charge < -0.3 is 10.0 Å². The normalized spacial score (nSPS) is 17.5. The van der Waals surface area contributed by atoms with Crippen LogP contribution in [0.2, 0.25) is 10.0 Å². The maximum atomic E-state index is 14.6. The van der Waals surface area contributed by atoms with Crippen molar-refractivity contribution in [2.75, 3.05) is 0 Å². The number of carbonyl (C=O) groups is 1. The van der Waals surface area contributed by atoms with Crippen molar-refractivity contribution < 1.29 is 14.3 Å². The van der Waals surface area contributed by atoms with Crippen LogP contribution in [-0.4, -0.2) is 21.1 Å². The van der Waals surface area contributed by atoms with Crippen LogP contribution in [0.15, 0.2) is 64.9 Å². The van der Waals surface area contributed by atoms with Gasteiger partial charge in [0.25, 0.3) is 0 Å². The Bertz CT molecular complexity index is 1080. The minimum Gasteiger partial charge on any atom is -0.478 e. The summed E-state index contributed by atoms with van der Waals surface area (Å²) in [5.41, 5.74) is 1.25. The molecule has 0 fully saturated rings. The molecule has 30 heavy (non-hydrogen) atoms. The van der Waals surface area contributed by atoms with Crippen molar-refractivity contribution >= 4 is 75.8 Å². The largest absolute Gasteiger partial charge is 0.478 e. The molecule has 1 N–H and O–H groups in total. The molecule has 4 rings (SSSR count). The van der Waals surface area contributed by atoms with Gasteiger partial charge in [-0.1, -0.05) is 47.5 Å². The van der Waals surface area contributed by atoms with Crippen LogP contribution in [0.1, 0.15) is 24.1 Å². The van der Waals surface area contributed by atoms with Gasteiger partial charge in [-0.05, 0) is 36.9 Å². The summed E-state index contributed by atoms with van der Waals surface area (Å²) >= 11 is 14.0. The molecular weight excluding hydrogens is 493 g/mol. The third-order valence-corrected chi connectivity index (χ3v) is 6.17. The van der Waals surface area contributed by atoms with Crippen LogP contribution in [-0.2, 0) is 4.79 Å². The van der Waals surface area contributed by atoms with Gasteiger partial charge in [0, 0.05) is 22.2 Å². The van der Waals surface area contributed by atoms with Crippen molar-refractivity contribution in [3.63, 3.8) is 0 Å². The number of fused-ring (bicyclic) bond motifs is 1. The molecule has 2 aromatic rings. The Morgan fingerprint density at radius 3 is 2.37 bits per heavy atom. The number of hydrogen-bond acceptors (Lipinski definition) is 4. The number of benzene rings is 2. The number of aliphatic imine (C=N–C) groups is 1.